The summed E-state index contributed by atoms with van der Waals surface area (Å²) in [5.74, 6) is 0.723. The number of methoxy groups -OCH3 is 1. The van der Waals surface area contributed by atoms with Crippen LogP contribution in [0, 0.1) is 5.92 Å². The molecule has 3 rings (SSSR count). The van der Waals surface area contributed by atoms with Gasteiger partial charge in [-0.3, -0.25) is 14.7 Å². The van der Waals surface area contributed by atoms with E-state index in [9.17, 15) is 4.79 Å². The number of nitrogens with zero attached hydrogens (tertiary/aromatic N) is 4. The average molecular weight is 326 g/mol. The van der Waals surface area contributed by atoms with Crippen molar-refractivity contribution in [1.82, 2.24) is 14.9 Å². The molecule has 0 N–H and O–H groups in total. The van der Waals surface area contributed by atoms with Gasteiger partial charge in [0, 0.05) is 38.2 Å². The maximum absolute atomic E-state index is 12.7. The summed E-state index contributed by atoms with van der Waals surface area (Å²) in [4.78, 5) is 25.2. The smallest absolute Gasteiger partial charge is 0.236 e. The molecule has 0 bridgehead atoms. The molecule has 1 aliphatic heterocycles. The van der Waals surface area contributed by atoms with Gasteiger partial charge in [-0.1, -0.05) is 18.2 Å². The maximum atomic E-state index is 12.7. The lowest BCUT2D eigenvalue weighted by Gasteiger charge is -2.21. The largest absolute Gasteiger partial charge is 0.480 e. The summed E-state index contributed by atoms with van der Waals surface area (Å²) in [7, 11) is 3.44. The molecule has 0 saturated carbocycles. The second-order valence-corrected chi connectivity index (χ2v) is 5.97. The summed E-state index contributed by atoms with van der Waals surface area (Å²) in [5.41, 5.74) is 1.74. The molecule has 24 heavy (non-hydrogen) atoms. The van der Waals surface area contributed by atoms with Crippen molar-refractivity contribution in [2.75, 3.05) is 32.1 Å². The summed E-state index contributed by atoms with van der Waals surface area (Å²) in [6.45, 7) is 2.25. The van der Waals surface area contributed by atoms with E-state index in [0.717, 1.165) is 30.9 Å². The lowest BCUT2D eigenvalue weighted by molar-refractivity contribution is -0.121. The second kappa shape index (κ2) is 7.40. The fraction of sp³-hybridized carbons (Fsp3) is 0.389. The molecule has 1 amide bonds. The van der Waals surface area contributed by atoms with Gasteiger partial charge in [-0.05, 0) is 25.1 Å². The molecule has 2 aromatic rings. The van der Waals surface area contributed by atoms with Crippen molar-refractivity contribution in [1.29, 1.82) is 0 Å². The van der Waals surface area contributed by atoms with Gasteiger partial charge in [-0.25, -0.2) is 4.98 Å². The summed E-state index contributed by atoms with van der Waals surface area (Å²) in [5, 5.41) is 0. The molecule has 0 aliphatic carbocycles. The van der Waals surface area contributed by atoms with E-state index in [0.29, 0.717) is 12.4 Å². The Balaban J connectivity index is 1.62. The fourth-order valence-electron chi connectivity index (χ4n) is 3.08. The van der Waals surface area contributed by atoms with Crippen LogP contribution in [0.2, 0.25) is 0 Å². The molecule has 1 unspecified atom stereocenters. The van der Waals surface area contributed by atoms with Crippen LogP contribution in [0.3, 0.4) is 0 Å². The monoisotopic (exact) mass is 326 g/mol. The Morgan fingerprint density at radius 2 is 2.04 bits per heavy atom. The average Bonchev–Trinajstić information content (AvgIpc) is 3.10. The summed E-state index contributed by atoms with van der Waals surface area (Å²) < 4.78 is 5.25. The highest BCUT2D eigenvalue weighted by molar-refractivity contribution is 5.94. The Morgan fingerprint density at radius 1 is 1.29 bits per heavy atom. The Bertz CT molecular complexity index is 692. The minimum atomic E-state index is 0.0119. The molecule has 1 atom stereocenters. The van der Waals surface area contributed by atoms with E-state index >= 15 is 0 Å². The zero-order valence-electron chi connectivity index (χ0n) is 14.1. The third-order valence-electron chi connectivity index (χ3n) is 4.40. The van der Waals surface area contributed by atoms with Crippen LogP contribution in [0.5, 0.6) is 5.88 Å². The Hall–Kier alpha value is -2.47. The van der Waals surface area contributed by atoms with E-state index in [1.54, 1.807) is 24.4 Å². The number of benzene rings is 1. The molecule has 6 nitrogen and oxygen atoms in total. The van der Waals surface area contributed by atoms with E-state index in [4.69, 9.17) is 4.74 Å². The van der Waals surface area contributed by atoms with Crippen LogP contribution in [0.25, 0.3) is 0 Å². The number of amides is 1. The second-order valence-electron chi connectivity index (χ2n) is 5.97. The van der Waals surface area contributed by atoms with Gasteiger partial charge in [-0.2, -0.15) is 0 Å². The Kier molecular flexibility index (Phi) is 5.05. The van der Waals surface area contributed by atoms with Gasteiger partial charge in [0.2, 0.25) is 11.8 Å². The Morgan fingerprint density at radius 3 is 2.79 bits per heavy atom. The molecule has 1 saturated heterocycles. The van der Waals surface area contributed by atoms with Gasteiger partial charge >= 0.3 is 0 Å². The number of ether oxygens (including phenoxy) is 1. The topological polar surface area (TPSA) is 58.6 Å². The minimum absolute atomic E-state index is 0.0119. The summed E-state index contributed by atoms with van der Waals surface area (Å²) in [6.07, 6.45) is 4.14. The van der Waals surface area contributed by atoms with E-state index in [1.165, 1.54) is 0 Å². The van der Waals surface area contributed by atoms with E-state index in [-0.39, 0.29) is 11.8 Å². The van der Waals surface area contributed by atoms with Gasteiger partial charge in [0.25, 0.3) is 0 Å². The first-order valence-corrected chi connectivity index (χ1v) is 8.08. The number of likely N-dealkylation sites (tertiary alicyclic amines) is 1. The predicted molar refractivity (Wildman–Crippen MR) is 91.8 cm³/mol. The van der Waals surface area contributed by atoms with Crippen LogP contribution < -0.4 is 9.64 Å². The van der Waals surface area contributed by atoms with Crippen molar-refractivity contribution in [3.63, 3.8) is 0 Å². The fourth-order valence-corrected chi connectivity index (χ4v) is 3.08. The number of para-hydroxylation sites is 1. The summed E-state index contributed by atoms with van der Waals surface area (Å²) in [6, 6.07) is 9.75. The maximum Gasteiger partial charge on any atom is 0.236 e. The first-order chi connectivity index (χ1) is 11.7. The number of carbonyl (C=O) groups excluding carboxylic acids is 1. The SMILES string of the molecule is COc1nccnc1CN1CCC(C(=O)N(C)c2ccccc2)C1. The molecular formula is C18H22N4O2. The van der Waals surface area contributed by atoms with Crippen molar-refractivity contribution < 1.29 is 9.53 Å². The molecule has 1 aromatic carbocycles. The molecule has 2 heterocycles. The van der Waals surface area contributed by atoms with Crippen molar-refractivity contribution in [2.24, 2.45) is 5.92 Å². The number of aromatic nitrogens is 2. The minimum Gasteiger partial charge on any atom is -0.480 e. The van der Waals surface area contributed by atoms with Crippen LogP contribution in [-0.4, -0.2) is 48.0 Å². The van der Waals surface area contributed by atoms with Gasteiger partial charge in [-0.15, -0.1) is 0 Å². The standard InChI is InChI=1S/C18H22N4O2/c1-21(15-6-4-3-5-7-15)18(23)14-8-11-22(12-14)13-16-17(24-2)20-10-9-19-16/h3-7,9-10,14H,8,11-13H2,1-2H3. The van der Waals surface area contributed by atoms with Crippen molar-refractivity contribution in [3.05, 3.63) is 48.4 Å². The quantitative estimate of drug-likeness (QED) is 0.841. The number of anilines is 1. The van der Waals surface area contributed by atoms with Crippen LogP contribution in [0.4, 0.5) is 5.69 Å². The third-order valence-corrected chi connectivity index (χ3v) is 4.40. The van der Waals surface area contributed by atoms with E-state index < -0.39 is 0 Å². The third kappa shape index (κ3) is 3.54. The van der Waals surface area contributed by atoms with Crippen molar-refractivity contribution in [2.45, 2.75) is 13.0 Å². The molecule has 1 fully saturated rings. The van der Waals surface area contributed by atoms with Gasteiger partial charge in [0.05, 0.1) is 13.0 Å². The van der Waals surface area contributed by atoms with Crippen LogP contribution >= 0.6 is 0 Å². The Labute approximate surface area is 142 Å². The highest BCUT2D eigenvalue weighted by Crippen LogP contribution is 2.24. The molecular weight excluding hydrogens is 304 g/mol. The van der Waals surface area contributed by atoms with Gasteiger partial charge in [0.1, 0.15) is 5.69 Å². The predicted octanol–water partition coefficient (Wildman–Crippen LogP) is 1.97. The zero-order valence-corrected chi connectivity index (χ0v) is 14.1. The molecule has 0 spiro atoms. The van der Waals surface area contributed by atoms with Gasteiger partial charge < -0.3 is 9.64 Å². The molecule has 0 radical (unpaired) electrons. The highest BCUT2D eigenvalue weighted by atomic mass is 16.5. The van der Waals surface area contributed by atoms with Crippen LogP contribution in [-0.2, 0) is 11.3 Å². The van der Waals surface area contributed by atoms with Crippen molar-refractivity contribution in [3.8, 4) is 5.88 Å². The van der Waals surface area contributed by atoms with Crippen LogP contribution in [0.1, 0.15) is 12.1 Å². The normalized spacial score (nSPS) is 17.7. The van der Waals surface area contributed by atoms with Crippen molar-refractivity contribution >= 4 is 11.6 Å². The lowest BCUT2D eigenvalue weighted by atomic mass is 10.1. The number of carbonyl (C=O) groups is 1. The number of hydrogen-bond donors (Lipinski definition) is 0. The van der Waals surface area contributed by atoms with E-state index in [2.05, 4.69) is 14.9 Å². The summed E-state index contributed by atoms with van der Waals surface area (Å²) >= 11 is 0. The number of hydrogen-bond acceptors (Lipinski definition) is 5. The molecule has 1 aromatic heterocycles. The molecule has 6 heteroatoms. The first-order valence-electron chi connectivity index (χ1n) is 8.08. The van der Waals surface area contributed by atoms with E-state index in [1.807, 2.05) is 37.4 Å². The molecule has 1 aliphatic rings. The lowest BCUT2D eigenvalue weighted by Crippen LogP contribution is -2.34. The highest BCUT2D eigenvalue weighted by Gasteiger charge is 2.31. The van der Waals surface area contributed by atoms with Gasteiger partial charge in [0.15, 0.2) is 0 Å². The zero-order chi connectivity index (χ0) is 16.9. The number of rotatable bonds is 5. The molecule has 126 valence electrons. The first kappa shape index (κ1) is 16.4. The van der Waals surface area contributed by atoms with Crippen LogP contribution in [0.15, 0.2) is 42.7 Å².